The van der Waals surface area contributed by atoms with E-state index in [1.807, 2.05) is 36.4 Å². The molecule has 0 amide bonds. The van der Waals surface area contributed by atoms with E-state index in [2.05, 4.69) is 0 Å². The molecule has 3 nitrogen and oxygen atoms in total. The number of Topliss-reactive ketones (excluding diaryl/α,β-unsaturated/α-hetero) is 1. The highest BCUT2D eigenvalue weighted by Crippen LogP contribution is 2.16. The highest BCUT2D eigenvalue weighted by atomic mass is 16.5. The molecule has 0 aromatic heterocycles. The fraction of sp³-hybridized carbons (Fsp3) is 0.188. The van der Waals surface area contributed by atoms with Gasteiger partial charge in [-0.25, -0.2) is 0 Å². The summed E-state index contributed by atoms with van der Waals surface area (Å²) in [5.74, 6) is 0.598. The van der Waals surface area contributed by atoms with Crippen LogP contribution in [-0.4, -0.2) is 11.8 Å². The Morgan fingerprint density at radius 1 is 1.16 bits per heavy atom. The van der Waals surface area contributed by atoms with Crippen molar-refractivity contribution >= 4 is 5.78 Å². The Kier molecular flexibility index (Phi) is 4.31. The summed E-state index contributed by atoms with van der Waals surface area (Å²) in [6, 6.07) is 16.5. The first kappa shape index (κ1) is 13.3. The van der Waals surface area contributed by atoms with E-state index < -0.39 is 6.04 Å². The lowest BCUT2D eigenvalue weighted by atomic mass is 10.1. The van der Waals surface area contributed by atoms with Crippen molar-refractivity contribution in [3.63, 3.8) is 0 Å². The van der Waals surface area contributed by atoms with Gasteiger partial charge in [-0.2, -0.15) is 0 Å². The van der Waals surface area contributed by atoms with Gasteiger partial charge in [0.05, 0.1) is 6.04 Å². The lowest BCUT2D eigenvalue weighted by molar-refractivity contribution is 0.0967. The molecule has 0 bridgehead atoms. The third kappa shape index (κ3) is 3.66. The molecular weight excluding hydrogens is 238 g/mol. The molecule has 1 atom stereocenters. The van der Waals surface area contributed by atoms with Crippen LogP contribution in [0.5, 0.6) is 5.75 Å². The number of ketones is 1. The van der Waals surface area contributed by atoms with Gasteiger partial charge >= 0.3 is 0 Å². The molecule has 0 spiro atoms. The number of benzene rings is 2. The summed E-state index contributed by atoms with van der Waals surface area (Å²) < 4.78 is 5.67. The molecule has 98 valence electrons. The molecule has 0 aliphatic carbocycles. The predicted octanol–water partition coefficient (Wildman–Crippen LogP) is 2.80. The molecule has 0 aliphatic heterocycles. The number of rotatable bonds is 5. The van der Waals surface area contributed by atoms with E-state index in [-0.39, 0.29) is 5.78 Å². The minimum Gasteiger partial charge on any atom is -0.489 e. The van der Waals surface area contributed by atoms with Crippen LogP contribution < -0.4 is 10.5 Å². The Labute approximate surface area is 113 Å². The second-order valence-corrected chi connectivity index (χ2v) is 4.46. The minimum absolute atomic E-state index is 0.0786. The van der Waals surface area contributed by atoms with Crippen LogP contribution in [0.4, 0.5) is 0 Å². The van der Waals surface area contributed by atoms with Gasteiger partial charge in [-0.15, -0.1) is 0 Å². The number of hydrogen-bond acceptors (Lipinski definition) is 3. The first-order valence-electron chi connectivity index (χ1n) is 6.23. The maximum absolute atomic E-state index is 11.8. The highest BCUT2D eigenvalue weighted by Gasteiger charge is 2.11. The second-order valence-electron chi connectivity index (χ2n) is 4.46. The zero-order valence-electron chi connectivity index (χ0n) is 10.9. The maximum atomic E-state index is 11.8. The monoisotopic (exact) mass is 255 g/mol. The van der Waals surface area contributed by atoms with Gasteiger partial charge in [0, 0.05) is 5.56 Å². The third-order valence-corrected chi connectivity index (χ3v) is 2.78. The third-order valence-electron chi connectivity index (χ3n) is 2.78. The molecule has 0 radical (unpaired) electrons. The van der Waals surface area contributed by atoms with E-state index in [9.17, 15) is 4.79 Å². The highest BCUT2D eigenvalue weighted by molar-refractivity contribution is 5.99. The average molecular weight is 255 g/mol. The number of ether oxygens (including phenoxy) is 1. The topological polar surface area (TPSA) is 52.3 Å². The van der Waals surface area contributed by atoms with Crippen molar-refractivity contribution < 1.29 is 9.53 Å². The van der Waals surface area contributed by atoms with Gasteiger partial charge in [-0.3, -0.25) is 4.79 Å². The van der Waals surface area contributed by atoms with Crippen molar-refractivity contribution in [2.45, 2.75) is 19.6 Å². The van der Waals surface area contributed by atoms with Gasteiger partial charge in [0.1, 0.15) is 12.4 Å². The van der Waals surface area contributed by atoms with Crippen LogP contribution in [0, 0.1) is 0 Å². The number of carbonyl (C=O) groups is 1. The number of hydrogen-bond donors (Lipinski definition) is 1. The SMILES string of the molecule is CC(N)C(=O)c1cccc(OCc2ccccc2)c1. The quantitative estimate of drug-likeness (QED) is 0.836. The summed E-state index contributed by atoms with van der Waals surface area (Å²) in [7, 11) is 0. The van der Waals surface area contributed by atoms with E-state index in [4.69, 9.17) is 10.5 Å². The average Bonchev–Trinajstić information content (AvgIpc) is 2.45. The predicted molar refractivity (Wildman–Crippen MR) is 75.2 cm³/mol. The fourth-order valence-electron chi connectivity index (χ4n) is 1.74. The number of carbonyl (C=O) groups excluding carboxylic acids is 1. The Morgan fingerprint density at radius 2 is 1.89 bits per heavy atom. The van der Waals surface area contributed by atoms with Gasteiger partial charge < -0.3 is 10.5 Å². The molecular formula is C16H17NO2. The van der Waals surface area contributed by atoms with Crippen LogP contribution in [0.15, 0.2) is 54.6 Å². The molecule has 3 heteroatoms. The Hall–Kier alpha value is -2.13. The van der Waals surface area contributed by atoms with Crippen LogP contribution in [-0.2, 0) is 6.61 Å². The molecule has 0 saturated carbocycles. The zero-order valence-corrected chi connectivity index (χ0v) is 10.9. The molecule has 19 heavy (non-hydrogen) atoms. The van der Waals surface area contributed by atoms with Crippen molar-refractivity contribution in [1.29, 1.82) is 0 Å². The van der Waals surface area contributed by atoms with E-state index >= 15 is 0 Å². The maximum Gasteiger partial charge on any atom is 0.179 e. The van der Waals surface area contributed by atoms with Crippen LogP contribution >= 0.6 is 0 Å². The second kappa shape index (κ2) is 6.16. The van der Waals surface area contributed by atoms with E-state index in [1.165, 1.54) is 0 Å². The molecule has 2 N–H and O–H groups in total. The molecule has 2 aromatic carbocycles. The van der Waals surface area contributed by atoms with Crippen LogP contribution in [0.25, 0.3) is 0 Å². The van der Waals surface area contributed by atoms with Crippen molar-refractivity contribution in [2.24, 2.45) is 5.73 Å². The number of nitrogens with two attached hydrogens (primary N) is 1. The molecule has 0 fully saturated rings. The first-order valence-corrected chi connectivity index (χ1v) is 6.23. The van der Waals surface area contributed by atoms with Gasteiger partial charge in [0.15, 0.2) is 5.78 Å². The Morgan fingerprint density at radius 3 is 2.58 bits per heavy atom. The van der Waals surface area contributed by atoms with E-state index in [0.29, 0.717) is 17.9 Å². The Bertz CT molecular complexity index is 550. The molecule has 0 aliphatic rings. The van der Waals surface area contributed by atoms with E-state index in [0.717, 1.165) is 5.56 Å². The van der Waals surface area contributed by atoms with Gasteiger partial charge in [-0.1, -0.05) is 42.5 Å². The van der Waals surface area contributed by atoms with Crippen LogP contribution in [0.3, 0.4) is 0 Å². The Balaban J connectivity index is 2.05. The molecule has 2 aromatic rings. The van der Waals surface area contributed by atoms with Crippen molar-refractivity contribution in [1.82, 2.24) is 0 Å². The van der Waals surface area contributed by atoms with E-state index in [1.54, 1.807) is 25.1 Å². The fourth-order valence-corrected chi connectivity index (χ4v) is 1.74. The lowest BCUT2D eigenvalue weighted by Crippen LogP contribution is -2.26. The molecule has 2 rings (SSSR count). The summed E-state index contributed by atoms with van der Waals surface area (Å²) in [5, 5.41) is 0. The van der Waals surface area contributed by atoms with Crippen LogP contribution in [0.2, 0.25) is 0 Å². The van der Waals surface area contributed by atoms with Gasteiger partial charge in [0.2, 0.25) is 0 Å². The molecule has 0 saturated heterocycles. The van der Waals surface area contributed by atoms with Crippen molar-refractivity contribution in [2.75, 3.05) is 0 Å². The summed E-state index contributed by atoms with van der Waals surface area (Å²) in [5.41, 5.74) is 7.27. The van der Waals surface area contributed by atoms with Gasteiger partial charge in [0.25, 0.3) is 0 Å². The zero-order chi connectivity index (χ0) is 13.7. The summed E-state index contributed by atoms with van der Waals surface area (Å²) in [6.07, 6.45) is 0. The van der Waals surface area contributed by atoms with Crippen molar-refractivity contribution in [3.8, 4) is 5.75 Å². The van der Waals surface area contributed by atoms with Gasteiger partial charge in [-0.05, 0) is 24.6 Å². The summed E-state index contributed by atoms with van der Waals surface area (Å²) in [6.45, 7) is 2.16. The normalized spacial score (nSPS) is 11.9. The lowest BCUT2D eigenvalue weighted by Gasteiger charge is -2.09. The molecule has 1 unspecified atom stereocenters. The van der Waals surface area contributed by atoms with Crippen LogP contribution in [0.1, 0.15) is 22.8 Å². The largest absolute Gasteiger partial charge is 0.489 e. The van der Waals surface area contributed by atoms with Crippen molar-refractivity contribution in [3.05, 3.63) is 65.7 Å². The smallest absolute Gasteiger partial charge is 0.179 e. The first-order chi connectivity index (χ1) is 9.16. The summed E-state index contributed by atoms with van der Waals surface area (Å²) >= 11 is 0. The standard InChI is InChI=1S/C16H17NO2/c1-12(17)16(18)14-8-5-9-15(10-14)19-11-13-6-3-2-4-7-13/h2-10,12H,11,17H2,1H3. The summed E-state index contributed by atoms with van der Waals surface area (Å²) in [4.78, 5) is 11.8. The minimum atomic E-state index is -0.496. The molecule has 0 heterocycles.